The molecule has 1 aromatic heterocycles. The number of methoxy groups -OCH3 is 2. The zero-order valence-corrected chi connectivity index (χ0v) is 16.0. The van der Waals surface area contributed by atoms with Gasteiger partial charge in [-0.2, -0.15) is 14.9 Å². The topological polar surface area (TPSA) is 64.4 Å². The van der Waals surface area contributed by atoms with Crippen LogP contribution in [0.2, 0.25) is 0 Å². The summed E-state index contributed by atoms with van der Waals surface area (Å²) in [6.45, 7) is 0. The number of halogens is 1. The molecule has 0 unspecified atom stereocenters. The number of hydrogen-bond donors (Lipinski definition) is 1. The predicted octanol–water partition coefficient (Wildman–Crippen LogP) is 4.27. The van der Waals surface area contributed by atoms with Crippen molar-refractivity contribution in [3.05, 3.63) is 57.3 Å². The fraction of sp³-hybridized carbons (Fsp3) is 0.118. The summed E-state index contributed by atoms with van der Waals surface area (Å²) in [7, 11) is 3.18. The number of aromatic nitrogens is 3. The molecule has 25 heavy (non-hydrogen) atoms. The third kappa shape index (κ3) is 3.80. The molecule has 128 valence electrons. The van der Waals surface area contributed by atoms with Crippen molar-refractivity contribution in [1.29, 1.82) is 0 Å². The minimum absolute atomic E-state index is 0.401. The lowest BCUT2D eigenvalue weighted by Crippen LogP contribution is -1.96. The van der Waals surface area contributed by atoms with Crippen molar-refractivity contribution in [2.24, 2.45) is 5.10 Å². The zero-order valence-electron chi connectivity index (χ0n) is 13.6. The van der Waals surface area contributed by atoms with Crippen molar-refractivity contribution in [1.82, 2.24) is 14.9 Å². The van der Waals surface area contributed by atoms with Gasteiger partial charge in [-0.15, -0.1) is 0 Å². The van der Waals surface area contributed by atoms with E-state index in [1.165, 1.54) is 0 Å². The highest BCUT2D eigenvalue weighted by atomic mass is 79.9. The molecular weight excluding hydrogens is 404 g/mol. The van der Waals surface area contributed by atoms with Crippen LogP contribution in [0.1, 0.15) is 5.56 Å². The zero-order chi connectivity index (χ0) is 17.8. The first-order valence-corrected chi connectivity index (χ1v) is 8.52. The van der Waals surface area contributed by atoms with Gasteiger partial charge in [0, 0.05) is 10.0 Å². The molecule has 1 heterocycles. The molecule has 3 rings (SSSR count). The Hall–Kier alpha value is -2.45. The summed E-state index contributed by atoms with van der Waals surface area (Å²) >= 11 is 8.70. The van der Waals surface area contributed by atoms with E-state index in [4.69, 9.17) is 21.7 Å². The number of nitrogens with zero attached hydrogens (tertiary/aromatic N) is 3. The van der Waals surface area contributed by atoms with Crippen LogP contribution in [-0.4, -0.2) is 35.3 Å². The van der Waals surface area contributed by atoms with Gasteiger partial charge in [0.1, 0.15) is 0 Å². The first-order chi connectivity index (χ1) is 12.1. The number of nitrogens with one attached hydrogen (secondary N) is 1. The molecule has 0 radical (unpaired) electrons. The van der Waals surface area contributed by atoms with Gasteiger partial charge in [0.25, 0.3) is 0 Å². The van der Waals surface area contributed by atoms with Crippen LogP contribution in [0.25, 0.3) is 11.4 Å². The van der Waals surface area contributed by atoms with Crippen LogP contribution < -0.4 is 9.47 Å². The van der Waals surface area contributed by atoms with Crippen molar-refractivity contribution < 1.29 is 9.47 Å². The molecule has 0 saturated carbocycles. The predicted molar refractivity (Wildman–Crippen MR) is 103 cm³/mol. The van der Waals surface area contributed by atoms with Gasteiger partial charge in [-0.1, -0.05) is 28.1 Å². The Bertz CT molecular complexity index is 964. The van der Waals surface area contributed by atoms with Crippen LogP contribution in [0.4, 0.5) is 0 Å². The van der Waals surface area contributed by atoms with Crippen LogP contribution in [-0.2, 0) is 0 Å². The van der Waals surface area contributed by atoms with Crippen molar-refractivity contribution in [2.45, 2.75) is 0 Å². The minimum Gasteiger partial charge on any atom is -0.493 e. The number of hydrogen-bond acceptors (Lipinski definition) is 5. The van der Waals surface area contributed by atoms with Crippen molar-refractivity contribution in [3.63, 3.8) is 0 Å². The Labute approximate surface area is 158 Å². The number of aromatic amines is 1. The van der Waals surface area contributed by atoms with Gasteiger partial charge >= 0.3 is 0 Å². The van der Waals surface area contributed by atoms with E-state index in [2.05, 4.69) is 31.2 Å². The summed E-state index contributed by atoms with van der Waals surface area (Å²) in [5.41, 5.74) is 1.75. The Balaban J connectivity index is 1.99. The molecular formula is C17H15BrN4O2S. The van der Waals surface area contributed by atoms with Crippen LogP contribution in [0.15, 0.2) is 52.0 Å². The molecule has 0 aliphatic rings. The summed E-state index contributed by atoms with van der Waals surface area (Å²) in [5, 5.41) is 11.5. The average molecular weight is 419 g/mol. The lowest BCUT2D eigenvalue weighted by atomic mass is 10.2. The van der Waals surface area contributed by atoms with E-state index in [1.54, 1.807) is 25.1 Å². The Morgan fingerprint density at radius 1 is 1.12 bits per heavy atom. The van der Waals surface area contributed by atoms with E-state index < -0.39 is 0 Å². The maximum atomic E-state index is 5.34. The molecule has 0 spiro atoms. The standard InChI is InChI=1S/C17H15BrN4O2S/c1-23-14-8-5-12(9-15(14)24-2)16-20-21-17(25)22(16)19-10-11-3-6-13(18)7-4-11/h3-10H,1-2H3,(H,21,25). The van der Waals surface area contributed by atoms with Crippen molar-refractivity contribution >= 4 is 34.4 Å². The largest absolute Gasteiger partial charge is 0.493 e. The second kappa shape index (κ2) is 7.62. The molecule has 0 atom stereocenters. The lowest BCUT2D eigenvalue weighted by Gasteiger charge is -2.09. The lowest BCUT2D eigenvalue weighted by molar-refractivity contribution is 0.355. The molecule has 3 aromatic rings. The van der Waals surface area contributed by atoms with E-state index >= 15 is 0 Å². The average Bonchev–Trinajstić information content (AvgIpc) is 3.01. The van der Waals surface area contributed by atoms with Crippen LogP contribution in [0, 0.1) is 4.77 Å². The second-order valence-electron chi connectivity index (χ2n) is 5.03. The van der Waals surface area contributed by atoms with Crippen LogP contribution >= 0.6 is 28.1 Å². The second-order valence-corrected chi connectivity index (χ2v) is 6.33. The maximum absolute atomic E-state index is 5.34. The Kier molecular flexibility index (Phi) is 5.30. The normalized spacial score (nSPS) is 11.0. The summed E-state index contributed by atoms with van der Waals surface area (Å²) in [6.07, 6.45) is 1.72. The fourth-order valence-electron chi connectivity index (χ4n) is 2.23. The highest BCUT2D eigenvalue weighted by Crippen LogP contribution is 2.31. The van der Waals surface area contributed by atoms with Gasteiger partial charge in [-0.3, -0.25) is 0 Å². The number of rotatable bonds is 5. The molecule has 6 nitrogen and oxygen atoms in total. The Morgan fingerprint density at radius 2 is 1.84 bits per heavy atom. The molecule has 8 heteroatoms. The van der Waals surface area contributed by atoms with Gasteiger partial charge in [0.2, 0.25) is 4.77 Å². The van der Waals surface area contributed by atoms with Gasteiger partial charge in [-0.05, 0) is 48.1 Å². The quantitative estimate of drug-likeness (QED) is 0.496. The third-order valence-electron chi connectivity index (χ3n) is 3.48. The molecule has 1 N–H and O–H groups in total. The maximum Gasteiger partial charge on any atom is 0.216 e. The van der Waals surface area contributed by atoms with Crippen LogP contribution in [0.3, 0.4) is 0 Å². The van der Waals surface area contributed by atoms with Gasteiger partial charge in [0.05, 0.1) is 20.4 Å². The van der Waals surface area contributed by atoms with Gasteiger partial charge in [0.15, 0.2) is 17.3 Å². The van der Waals surface area contributed by atoms with E-state index in [0.29, 0.717) is 22.1 Å². The number of H-pyrrole nitrogens is 1. The minimum atomic E-state index is 0.401. The third-order valence-corrected chi connectivity index (χ3v) is 4.28. The van der Waals surface area contributed by atoms with Gasteiger partial charge < -0.3 is 9.47 Å². The summed E-state index contributed by atoms with van der Waals surface area (Å²) in [4.78, 5) is 0. The molecule has 0 amide bonds. The number of ether oxygens (including phenoxy) is 2. The molecule has 0 fully saturated rings. The summed E-state index contributed by atoms with van der Waals surface area (Å²) < 4.78 is 13.6. The Morgan fingerprint density at radius 3 is 2.52 bits per heavy atom. The van der Waals surface area contributed by atoms with E-state index in [9.17, 15) is 0 Å². The SMILES string of the molecule is COc1ccc(-c2n[nH]c(=S)n2N=Cc2ccc(Br)cc2)cc1OC. The first-order valence-electron chi connectivity index (χ1n) is 7.32. The van der Waals surface area contributed by atoms with Crippen molar-refractivity contribution in [3.8, 4) is 22.9 Å². The van der Waals surface area contributed by atoms with E-state index in [-0.39, 0.29) is 0 Å². The molecule has 0 bridgehead atoms. The van der Waals surface area contributed by atoms with E-state index in [0.717, 1.165) is 15.6 Å². The molecule has 0 aliphatic heterocycles. The molecule has 0 saturated heterocycles. The molecule has 2 aromatic carbocycles. The molecule has 0 aliphatic carbocycles. The summed E-state index contributed by atoms with van der Waals surface area (Å²) in [5.74, 6) is 1.84. The highest BCUT2D eigenvalue weighted by Gasteiger charge is 2.12. The fourth-order valence-corrected chi connectivity index (χ4v) is 2.68. The highest BCUT2D eigenvalue weighted by molar-refractivity contribution is 9.10. The van der Waals surface area contributed by atoms with Crippen molar-refractivity contribution in [2.75, 3.05) is 14.2 Å². The van der Waals surface area contributed by atoms with E-state index in [1.807, 2.05) is 42.5 Å². The smallest absolute Gasteiger partial charge is 0.216 e. The summed E-state index contributed by atoms with van der Waals surface area (Å²) in [6, 6.07) is 13.3. The monoisotopic (exact) mass is 418 g/mol. The van der Waals surface area contributed by atoms with Gasteiger partial charge in [-0.25, -0.2) is 5.10 Å². The van der Waals surface area contributed by atoms with Crippen LogP contribution in [0.5, 0.6) is 11.5 Å². The first kappa shape index (κ1) is 17.4. The number of benzene rings is 2.